The summed E-state index contributed by atoms with van der Waals surface area (Å²) in [5.41, 5.74) is 0. The number of carbonyl (C=O) groups excluding carboxylic acids is 2. The highest BCUT2D eigenvalue weighted by Crippen LogP contribution is 2.17. The van der Waals surface area contributed by atoms with Gasteiger partial charge in [0.2, 0.25) is 0 Å². The van der Waals surface area contributed by atoms with Crippen LogP contribution in [0.3, 0.4) is 0 Å². The maximum absolute atomic E-state index is 11.7. The van der Waals surface area contributed by atoms with Crippen molar-refractivity contribution < 1.29 is 28.5 Å². The fourth-order valence-corrected chi connectivity index (χ4v) is 1.80. The molecule has 1 saturated heterocycles. The van der Waals surface area contributed by atoms with Crippen molar-refractivity contribution in [3.05, 3.63) is 0 Å². The number of hydrogen-bond donors (Lipinski definition) is 0. The predicted molar refractivity (Wildman–Crippen MR) is 66.3 cm³/mol. The quantitative estimate of drug-likeness (QED) is 0.654. The summed E-state index contributed by atoms with van der Waals surface area (Å²) >= 11 is 0. The third kappa shape index (κ3) is 6.02. The molecule has 0 saturated carbocycles. The Labute approximate surface area is 113 Å². The SMILES string of the molecule is CCOC(=O)C[C@@H](OC1CCCCO1)C(=O)OCC. The Balaban J connectivity index is 2.52. The monoisotopic (exact) mass is 274 g/mol. The van der Waals surface area contributed by atoms with E-state index in [1.165, 1.54) is 0 Å². The molecule has 6 nitrogen and oxygen atoms in total. The normalized spacial score (nSPS) is 20.6. The Bertz CT molecular complexity index is 285. The van der Waals surface area contributed by atoms with Gasteiger partial charge in [0.15, 0.2) is 12.4 Å². The zero-order chi connectivity index (χ0) is 14.1. The van der Waals surface area contributed by atoms with Crippen molar-refractivity contribution in [3.8, 4) is 0 Å². The van der Waals surface area contributed by atoms with Crippen molar-refractivity contribution in [1.82, 2.24) is 0 Å². The molecule has 1 heterocycles. The second-order valence-corrected chi connectivity index (χ2v) is 4.18. The molecule has 0 aliphatic carbocycles. The standard InChI is InChI=1S/C13H22O6/c1-3-16-11(14)9-10(13(15)17-4-2)19-12-7-5-6-8-18-12/h10,12H,3-9H2,1-2H3/t10-,12?/m1/s1. The van der Waals surface area contributed by atoms with Crippen molar-refractivity contribution in [2.75, 3.05) is 19.8 Å². The minimum atomic E-state index is -0.956. The lowest BCUT2D eigenvalue weighted by molar-refractivity contribution is -0.206. The van der Waals surface area contributed by atoms with Crippen molar-refractivity contribution in [2.24, 2.45) is 0 Å². The van der Waals surface area contributed by atoms with Gasteiger partial charge in [-0.05, 0) is 33.1 Å². The molecule has 0 spiro atoms. The molecular weight excluding hydrogens is 252 g/mol. The van der Waals surface area contributed by atoms with Gasteiger partial charge in [-0.3, -0.25) is 4.79 Å². The lowest BCUT2D eigenvalue weighted by Gasteiger charge is -2.26. The molecule has 2 atom stereocenters. The van der Waals surface area contributed by atoms with E-state index < -0.39 is 24.3 Å². The zero-order valence-electron chi connectivity index (χ0n) is 11.6. The first-order chi connectivity index (χ1) is 9.17. The van der Waals surface area contributed by atoms with E-state index in [-0.39, 0.29) is 19.6 Å². The highest BCUT2D eigenvalue weighted by Gasteiger charge is 2.29. The average molecular weight is 274 g/mol. The summed E-state index contributed by atoms with van der Waals surface area (Å²) in [5.74, 6) is -1.03. The van der Waals surface area contributed by atoms with Gasteiger partial charge < -0.3 is 18.9 Å². The van der Waals surface area contributed by atoms with E-state index in [1.54, 1.807) is 13.8 Å². The van der Waals surface area contributed by atoms with Gasteiger partial charge in [0.05, 0.1) is 19.6 Å². The summed E-state index contributed by atoms with van der Waals surface area (Å²) in [6.07, 6.45) is 1.15. The van der Waals surface area contributed by atoms with Gasteiger partial charge in [0, 0.05) is 6.61 Å². The number of esters is 2. The minimum absolute atomic E-state index is 0.146. The van der Waals surface area contributed by atoms with Crippen LogP contribution in [0, 0.1) is 0 Å². The Morgan fingerprint density at radius 3 is 2.53 bits per heavy atom. The van der Waals surface area contributed by atoms with Crippen LogP contribution in [0.1, 0.15) is 39.5 Å². The van der Waals surface area contributed by atoms with Gasteiger partial charge in [0.1, 0.15) is 0 Å². The van der Waals surface area contributed by atoms with Crippen LogP contribution in [-0.4, -0.2) is 44.2 Å². The van der Waals surface area contributed by atoms with Crippen LogP contribution in [0.4, 0.5) is 0 Å². The highest BCUT2D eigenvalue weighted by molar-refractivity contribution is 5.81. The second-order valence-electron chi connectivity index (χ2n) is 4.18. The van der Waals surface area contributed by atoms with Crippen molar-refractivity contribution in [1.29, 1.82) is 0 Å². The zero-order valence-corrected chi connectivity index (χ0v) is 11.6. The smallest absolute Gasteiger partial charge is 0.335 e. The fourth-order valence-electron chi connectivity index (χ4n) is 1.80. The maximum atomic E-state index is 11.7. The predicted octanol–water partition coefficient (Wildman–Crippen LogP) is 1.41. The summed E-state index contributed by atoms with van der Waals surface area (Å²) in [6.45, 7) is 4.54. The van der Waals surface area contributed by atoms with Gasteiger partial charge >= 0.3 is 11.9 Å². The first kappa shape index (κ1) is 15.9. The maximum Gasteiger partial charge on any atom is 0.335 e. The van der Waals surface area contributed by atoms with Gasteiger partial charge in [-0.25, -0.2) is 4.79 Å². The molecule has 6 heteroatoms. The molecule has 0 aromatic carbocycles. The van der Waals surface area contributed by atoms with Crippen molar-refractivity contribution in [3.63, 3.8) is 0 Å². The van der Waals surface area contributed by atoms with Gasteiger partial charge in [-0.15, -0.1) is 0 Å². The van der Waals surface area contributed by atoms with Crippen molar-refractivity contribution >= 4 is 11.9 Å². The van der Waals surface area contributed by atoms with Crippen LogP contribution in [0.15, 0.2) is 0 Å². The summed E-state index contributed by atoms with van der Waals surface area (Å²) in [7, 11) is 0. The highest BCUT2D eigenvalue weighted by atomic mass is 16.7. The first-order valence-electron chi connectivity index (χ1n) is 6.76. The molecule has 19 heavy (non-hydrogen) atoms. The molecule has 1 rings (SSSR count). The molecule has 0 bridgehead atoms. The third-order valence-corrected chi connectivity index (χ3v) is 2.66. The Hall–Kier alpha value is -1.14. The number of rotatable bonds is 7. The minimum Gasteiger partial charge on any atom is -0.466 e. The lowest BCUT2D eigenvalue weighted by atomic mass is 10.2. The molecule has 110 valence electrons. The molecule has 0 N–H and O–H groups in total. The van der Waals surface area contributed by atoms with E-state index in [0.717, 1.165) is 19.3 Å². The average Bonchev–Trinajstić information content (AvgIpc) is 2.40. The molecule has 1 unspecified atom stereocenters. The van der Waals surface area contributed by atoms with Crippen LogP contribution in [-0.2, 0) is 28.5 Å². The molecule has 0 aromatic heterocycles. The Morgan fingerprint density at radius 2 is 1.95 bits per heavy atom. The summed E-state index contributed by atoms with van der Waals surface area (Å²) in [4.78, 5) is 23.2. The number of hydrogen-bond acceptors (Lipinski definition) is 6. The molecule has 0 amide bonds. The summed E-state index contributed by atoms with van der Waals surface area (Å²) in [5, 5.41) is 0. The topological polar surface area (TPSA) is 71.1 Å². The molecule has 0 radical (unpaired) electrons. The largest absolute Gasteiger partial charge is 0.466 e. The Morgan fingerprint density at radius 1 is 1.21 bits per heavy atom. The third-order valence-electron chi connectivity index (χ3n) is 2.66. The molecular formula is C13H22O6. The van der Waals surface area contributed by atoms with Gasteiger partial charge in [0.25, 0.3) is 0 Å². The van der Waals surface area contributed by atoms with E-state index in [1.807, 2.05) is 0 Å². The van der Waals surface area contributed by atoms with Crippen LogP contribution in [0.25, 0.3) is 0 Å². The Kier molecular flexibility index (Phi) is 7.43. The number of ether oxygens (including phenoxy) is 4. The number of carbonyl (C=O) groups is 2. The molecule has 1 fully saturated rings. The van der Waals surface area contributed by atoms with E-state index in [4.69, 9.17) is 18.9 Å². The molecule has 0 aromatic rings. The molecule has 1 aliphatic heterocycles. The van der Waals surface area contributed by atoms with Gasteiger partial charge in [-0.2, -0.15) is 0 Å². The van der Waals surface area contributed by atoms with E-state index in [9.17, 15) is 9.59 Å². The molecule has 1 aliphatic rings. The van der Waals surface area contributed by atoms with Crippen LogP contribution in [0.5, 0.6) is 0 Å². The van der Waals surface area contributed by atoms with E-state index >= 15 is 0 Å². The van der Waals surface area contributed by atoms with E-state index in [0.29, 0.717) is 6.61 Å². The summed E-state index contributed by atoms with van der Waals surface area (Å²) < 4.78 is 20.6. The van der Waals surface area contributed by atoms with Crippen LogP contribution < -0.4 is 0 Å². The van der Waals surface area contributed by atoms with Crippen molar-refractivity contribution in [2.45, 2.75) is 51.9 Å². The summed E-state index contributed by atoms with van der Waals surface area (Å²) in [6, 6.07) is 0. The van der Waals surface area contributed by atoms with Crippen LogP contribution >= 0.6 is 0 Å². The second kappa shape index (κ2) is 8.87. The fraction of sp³-hybridized carbons (Fsp3) is 0.846. The first-order valence-corrected chi connectivity index (χ1v) is 6.76. The van der Waals surface area contributed by atoms with Gasteiger partial charge in [-0.1, -0.05) is 0 Å². The lowest BCUT2D eigenvalue weighted by Crippen LogP contribution is -2.36. The van der Waals surface area contributed by atoms with Crippen LogP contribution in [0.2, 0.25) is 0 Å². The van der Waals surface area contributed by atoms with E-state index in [2.05, 4.69) is 0 Å².